The van der Waals surface area contributed by atoms with E-state index in [1.807, 2.05) is 13.8 Å². The normalized spacial score (nSPS) is 12.5. The summed E-state index contributed by atoms with van der Waals surface area (Å²) in [6.45, 7) is 3.79. The first-order valence-electron chi connectivity index (χ1n) is 10.1. The minimum absolute atomic E-state index is 0.0451. The zero-order valence-corrected chi connectivity index (χ0v) is 18.1. The molecular weight excluding hydrogens is 427 g/mol. The van der Waals surface area contributed by atoms with Crippen molar-refractivity contribution in [2.45, 2.75) is 39.4 Å². The number of carbonyl (C=O) groups is 2. The number of ether oxygens (including phenoxy) is 2. The van der Waals surface area contributed by atoms with Crippen molar-refractivity contribution in [3.05, 3.63) is 53.5 Å². The first-order chi connectivity index (χ1) is 15.0. The zero-order chi connectivity index (χ0) is 23.7. The van der Waals surface area contributed by atoms with Crippen LogP contribution >= 0.6 is 0 Å². The second-order valence-electron chi connectivity index (χ2n) is 7.47. The number of amides is 1. The van der Waals surface area contributed by atoms with Gasteiger partial charge in [0.2, 0.25) is 5.88 Å². The van der Waals surface area contributed by atoms with Gasteiger partial charge in [0.25, 0.3) is 5.91 Å². The number of nitrogens with zero attached hydrogens (tertiary/aromatic N) is 2. The summed E-state index contributed by atoms with van der Waals surface area (Å²) in [7, 11) is 0. The number of hydrogen-bond acceptors (Lipinski definition) is 6. The number of rotatable bonds is 11. The molecule has 0 aliphatic heterocycles. The standard InChI is InChI=1S/C22H26F3N3O4/c1-14(2)19(29)11-18-10-16(6-7-26-18)21(30)28-15(3)17-4-5-20(27-12-17)32-9-8-31-13-22(23,24)25/h4-7,10,12,14-15H,8-9,11,13H2,1-3H3,(H,28,30). The number of halogens is 3. The molecule has 7 nitrogen and oxygen atoms in total. The molecule has 0 bridgehead atoms. The maximum atomic E-state index is 12.6. The van der Waals surface area contributed by atoms with Crippen molar-refractivity contribution in [3.63, 3.8) is 0 Å². The van der Waals surface area contributed by atoms with E-state index in [1.165, 1.54) is 12.4 Å². The number of nitrogens with one attached hydrogen (secondary N) is 1. The molecule has 0 saturated heterocycles. The van der Waals surface area contributed by atoms with Gasteiger partial charge in [-0.15, -0.1) is 0 Å². The largest absolute Gasteiger partial charge is 0.475 e. The third-order valence-electron chi connectivity index (χ3n) is 4.43. The van der Waals surface area contributed by atoms with Gasteiger partial charge < -0.3 is 14.8 Å². The van der Waals surface area contributed by atoms with Crippen molar-refractivity contribution in [3.8, 4) is 5.88 Å². The highest BCUT2D eigenvalue weighted by molar-refractivity contribution is 5.94. The van der Waals surface area contributed by atoms with Crippen molar-refractivity contribution in [2.24, 2.45) is 5.92 Å². The molecule has 2 aromatic rings. The summed E-state index contributed by atoms with van der Waals surface area (Å²) < 4.78 is 45.7. The van der Waals surface area contributed by atoms with Gasteiger partial charge in [-0.2, -0.15) is 13.2 Å². The summed E-state index contributed by atoms with van der Waals surface area (Å²) in [5.41, 5.74) is 1.64. The van der Waals surface area contributed by atoms with Crippen molar-refractivity contribution in [2.75, 3.05) is 19.8 Å². The Balaban J connectivity index is 1.86. The maximum Gasteiger partial charge on any atom is 0.411 e. The summed E-state index contributed by atoms with van der Waals surface area (Å²) in [5.74, 6) is -0.151. The monoisotopic (exact) mass is 453 g/mol. The third-order valence-corrected chi connectivity index (χ3v) is 4.43. The molecule has 1 amide bonds. The quantitative estimate of drug-likeness (QED) is 0.522. The number of pyridine rings is 2. The zero-order valence-electron chi connectivity index (χ0n) is 18.1. The number of carbonyl (C=O) groups excluding carboxylic acids is 2. The molecule has 0 aliphatic rings. The molecule has 32 heavy (non-hydrogen) atoms. The Morgan fingerprint density at radius 2 is 1.84 bits per heavy atom. The van der Waals surface area contributed by atoms with Gasteiger partial charge in [-0.05, 0) is 24.6 Å². The number of ketones is 1. The smallest absolute Gasteiger partial charge is 0.411 e. The van der Waals surface area contributed by atoms with E-state index in [0.29, 0.717) is 16.8 Å². The van der Waals surface area contributed by atoms with Crippen LogP contribution in [-0.2, 0) is 16.0 Å². The topological polar surface area (TPSA) is 90.4 Å². The number of aromatic nitrogens is 2. The van der Waals surface area contributed by atoms with E-state index in [-0.39, 0.29) is 49.2 Å². The van der Waals surface area contributed by atoms with E-state index in [9.17, 15) is 22.8 Å². The molecule has 174 valence electrons. The fourth-order valence-corrected chi connectivity index (χ4v) is 2.59. The highest BCUT2D eigenvalue weighted by Crippen LogP contribution is 2.17. The van der Waals surface area contributed by atoms with Crippen LogP contribution < -0.4 is 10.1 Å². The molecule has 0 saturated carbocycles. The predicted molar refractivity (Wildman–Crippen MR) is 110 cm³/mol. The first kappa shape index (κ1) is 25.3. The lowest BCUT2D eigenvalue weighted by atomic mass is 10.0. The molecule has 0 aliphatic carbocycles. The molecule has 1 atom stereocenters. The Morgan fingerprint density at radius 3 is 2.47 bits per heavy atom. The second-order valence-corrected chi connectivity index (χ2v) is 7.47. The third kappa shape index (κ3) is 8.62. The van der Waals surface area contributed by atoms with Gasteiger partial charge in [0, 0.05) is 42.1 Å². The highest BCUT2D eigenvalue weighted by Gasteiger charge is 2.27. The number of hydrogen-bond donors (Lipinski definition) is 1. The average molecular weight is 453 g/mol. The van der Waals surface area contributed by atoms with Gasteiger partial charge >= 0.3 is 6.18 Å². The molecule has 0 spiro atoms. The van der Waals surface area contributed by atoms with Crippen LogP contribution in [0.1, 0.15) is 48.4 Å². The number of Topliss-reactive ketones (excluding diaryl/α,β-unsaturated/α-hetero) is 1. The van der Waals surface area contributed by atoms with Crippen LogP contribution in [0.5, 0.6) is 5.88 Å². The predicted octanol–water partition coefficient (Wildman–Crippen LogP) is 3.69. The molecule has 2 heterocycles. The van der Waals surface area contributed by atoms with Gasteiger partial charge in [-0.25, -0.2) is 4.98 Å². The van der Waals surface area contributed by atoms with Gasteiger partial charge in [0.05, 0.1) is 12.6 Å². The maximum absolute atomic E-state index is 12.6. The lowest BCUT2D eigenvalue weighted by Crippen LogP contribution is -2.27. The Labute approximate surface area is 184 Å². The Hall–Kier alpha value is -3.01. The minimum Gasteiger partial charge on any atom is -0.475 e. The molecule has 1 N–H and O–H groups in total. The van der Waals surface area contributed by atoms with E-state index in [1.54, 1.807) is 31.2 Å². The van der Waals surface area contributed by atoms with E-state index in [4.69, 9.17) is 4.74 Å². The molecule has 1 unspecified atom stereocenters. The van der Waals surface area contributed by atoms with E-state index in [2.05, 4.69) is 20.0 Å². The van der Waals surface area contributed by atoms with Crippen LogP contribution in [0.15, 0.2) is 36.7 Å². The lowest BCUT2D eigenvalue weighted by molar-refractivity contribution is -0.175. The Bertz CT molecular complexity index is 902. The molecule has 0 fully saturated rings. The molecule has 0 radical (unpaired) electrons. The lowest BCUT2D eigenvalue weighted by Gasteiger charge is -2.15. The van der Waals surface area contributed by atoms with Gasteiger partial charge in [-0.3, -0.25) is 14.6 Å². The van der Waals surface area contributed by atoms with Crippen molar-refractivity contribution < 1.29 is 32.2 Å². The van der Waals surface area contributed by atoms with E-state index < -0.39 is 12.8 Å². The second kappa shape index (κ2) is 11.6. The van der Waals surface area contributed by atoms with Gasteiger partial charge in [0.1, 0.15) is 19.0 Å². The fraction of sp³-hybridized carbons (Fsp3) is 0.455. The summed E-state index contributed by atoms with van der Waals surface area (Å²) in [6, 6.07) is 6.06. The van der Waals surface area contributed by atoms with Crippen LogP contribution in [0, 0.1) is 5.92 Å². The molecule has 2 aromatic heterocycles. The van der Waals surface area contributed by atoms with Gasteiger partial charge in [0.15, 0.2) is 0 Å². The minimum atomic E-state index is -4.37. The summed E-state index contributed by atoms with van der Waals surface area (Å²) in [6.07, 6.45) is -1.20. The average Bonchev–Trinajstić information content (AvgIpc) is 2.73. The van der Waals surface area contributed by atoms with Crippen LogP contribution in [-0.4, -0.2) is 47.7 Å². The van der Waals surface area contributed by atoms with Crippen LogP contribution in [0.2, 0.25) is 0 Å². The van der Waals surface area contributed by atoms with Crippen molar-refractivity contribution in [1.29, 1.82) is 0 Å². The van der Waals surface area contributed by atoms with Gasteiger partial charge in [-0.1, -0.05) is 19.9 Å². The molecule has 0 aromatic carbocycles. The van der Waals surface area contributed by atoms with Crippen molar-refractivity contribution in [1.82, 2.24) is 15.3 Å². The molecular formula is C22H26F3N3O4. The first-order valence-corrected chi connectivity index (χ1v) is 10.1. The van der Waals surface area contributed by atoms with E-state index >= 15 is 0 Å². The Morgan fingerprint density at radius 1 is 1.09 bits per heavy atom. The van der Waals surface area contributed by atoms with Crippen LogP contribution in [0.4, 0.5) is 13.2 Å². The SMILES string of the molecule is CC(C)C(=O)Cc1cc(C(=O)NC(C)c2ccc(OCCOCC(F)(F)F)nc2)ccn1. The number of alkyl halides is 3. The van der Waals surface area contributed by atoms with Crippen molar-refractivity contribution >= 4 is 11.7 Å². The van der Waals surface area contributed by atoms with Crippen LogP contribution in [0.3, 0.4) is 0 Å². The van der Waals surface area contributed by atoms with Crippen LogP contribution in [0.25, 0.3) is 0 Å². The highest BCUT2D eigenvalue weighted by atomic mass is 19.4. The Kier molecular flexibility index (Phi) is 9.13. The summed E-state index contributed by atoms with van der Waals surface area (Å²) in [5, 5.41) is 2.85. The fourth-order valence-electron chi connectivity index (χ4n) is 2.59. The summed E-state index contributed by atoms with van der Waals surface area (Å²) in [4.78, 5) is 32.7. The summed E-state index contributed by atoms with van der Waals surface area (Å²) >= 11 is 0. The molecule has 2 rings (SSSR count). The van der Waals surface area contributed by atoms with E-state index in [0.717, 1.165) is 0 Å². The molecule has 10 heteroatoms.